The number of hydrazine groups is 1. The molecule has 6 heteroatoms. The van der Waals surface area contributed by atoms with E-state index < -0.39 is 0 Å². The van der Waals surface area contributed by atoms with Crippen LogP contribution in [0.5, 0.6) is 0 Å². The van der Waals surface area contributed by atoms with Crippen LogP contribution in [0.25, 0.3) is 0 Å². The largest absolute Gasteiger partial charge is 0.351 e. The fourth-order valence-corrected chi connectivity index (χ4v) is 2.82. The lowest BCUT2D eigenvalue weighted by Crippen LogP contribution is -2.28. The Kier molecular flexibility index (Phi) is 5.61. The number of carbonyl (C=O) groups excluding carboxylic acids is 1. The van der Waals surface area contributed by atoms with Crippen molar-refractivity contribution in [2.24, 2.45) is 11.8 Å². The first-order chi connectivity index (χ1) is 9.70. The van der Waals surface area contributed by atoms with Crippen molar-refractivity contribution in [3.8, 4) is 0 Å². The molecule has 110 valence electrons. The molecule has 0 aromatic carbocycles. The molecule has 1 aromatic heterocycles. The highest BCUT2D eigenvalue weighted by atomic mass is 35.5. The number of anilines is 1. The maximum absolute atomic E-state index is 12.0. The van der Waals surface area contributed by atoms with E-state index in [0.717, 1.165) is 12.3 Å². The lowest BCUT2D eigenvalue weighted by atomic mass is 9.87. The summed E-state index contributed by atoms with van der Waals surface area (Å²) in [5.41, 5.74) is 2.62. The first kappa shape index (κ1) is 15.1. The Morgan fingerprint density at radius 3 is 2.80 bits per heavy atom. The molecule has 5 nitrogen and oxygen atoms in total. The normalized spacial score (nSPS) is 15.9. The Hall–Kier alpha value is -1.33. The second-order valence-corrected chi connectivity index (χ2v) is 5.63. The zero-order valence-corrected chi connectivity index (χ0v) is 12.2. The molecule has 2 rings (SSSR count). The van der Waals surface area contributed by atoms with E-state index in [9.17, 15) is 4.79 Å². The van der Waals surface area contributed by atoms with Crippen molar-refractivity contribution in [1.29, 1.82) is 0 Å². The lowest BCUT2D eigenvalue weighted by Gasteiger charge is -2.21. The summed E-state index contributed by atoms with van der Waals surface area (Å²) in [5.74, 6) is 6.20. The molecule has 1 aromatic rings. The van der Waals surface area contributed by atoms with Crippen LogP contribution in [-0.2, 0) is 0 Å². The third-order valence-electron chi connectivity index (χ3n) is 3.77. The standard InChI is InChI=1S/C14H21ClN4O/c15-11-6-7-12(19-16)18-13(11)14(20)17-9-8-10-4-2-1-3-5-10/h6-7,10H,1-5,8-9,16H2,(H,17,20)(H,18,19). The number of hydrogen-bond acceptors (Lipinski definition) is 4. The van der Waals surface area contributed by atoms with E-state index in [1.54, 1.807) is 12.1 Å². The summed E-state index contributed by atoms with van der Waals surface area (Å²) < 4.78 is 0. The highest BCUT2D eigenvalue weighted by Crippen LogP contribution is 2.25. The number of nitrogens with one attached hydrogen (secondary N) is 2. The van der Waals surface area contributed by atoms with Crippen LogP contribution in [0.15, 0.2) is 12.1 Å². The summed E-state index contributed by atoms with van der Waals surface area (Å²) >= 11 is 5.98. The summed E-state index contributed by atoms with van der Waals surface area (Å²) in [6.45, 7) is 0.668. The Bertz CT molecular complexity index is 460. The van der Waals surface area contributed by atoms with Gasteiger partial charge in [0, 0.05) is 6.54 Å². The van der Waals surface area contributed by atoms with Crippen LogP contribution in [0, 0.1) is 5.92 Å². The van der Waals surface area contributed by atoms with Crippen LogP contribution in [0.2, 0.25) is 5.02 Å². The van der Waals surface area contributed by atoms with Crippen LogP contribution >= 0.6 is 11.6 Å². The number of pyridine rings is 1. The molecule has 1 saturated carbocycles. The minimum Gasteiger partial charge on any atom is -0.351 e. The Morgan fingerprint density at radius 2 is 2.10 bits per heavy atom. The van der Waals surface area contributed by atoms with Crippen molar-refractivity contribution in [2.45, 2.75) is 38.5 Å². The van der Waals surface area contributed by atoms with Crippen molar-refractivity contribution in [1.82, 2.24) is 10.3 Å². The summed E-state index contributed by atoms with van der Waals surface area (Å²) in [7, 11) is 0. The number of carbonyl (C=O) groups is 1. The highest BCUT2D eigenvalue weighted by Gasteiger charge is 2.15. The predicted molar refractivity (Wildman–Crippen MR) is 80.6 cm³/mol. The number of nitrogens with zero attached hydrogens (tertiary/aromatic N) is 1. The van der Waals surface area contributed by atoms with Gasteiger partial charge in [0.05, 0.1) is 5.02 Å². The van der Waals surface area contributed by atoms with E-state index in [1.807, 2.05) is 0 Å². The topological polar surface area (TPSA) is 80.0 Å². The van der Waals surface area contributed by atoms with Crippen molar-refractivity contribution >= 4 is 23.3 Å². The average molecular weight is 297 g/mol. The lowest BCUT2D eigenvalue weighted by molar-refractivity contribution is 0.0945. The zero-order valence-electron chi connectivity index (χ0n) is 11.5. The Labute approximate surface area is 124 Å². The fraction of sp³-hybridized carbons (Fsp3) is 0.571. The monoisotopic (exact) mass is 296 g/mol. The molecule has 0 atom stereocenters. The Balaban J connectivity index is 1.84. The minimum absolute atomic E-state index is 0.214. The molecular weight excluding hydrogens is 276 g/mol. The van der Waals surface area contributed by atoms with Gasteiger partial charge < -0.3 is 10.7 Å². The molecule has 20 heavy (non-hydrogen) atoms. The molecule has 0 spiro atoms. The molecule has 1 heterocycles. The van der Waals surface area contributed by atoms with Gasteiger partial charge >= 0.3 is 0 Å². The van der Waals surface area contributed by atoms with E-state index in [1.165, 1.54) is 32.1 Å². The quantitative estimate of drug-likeness (QED) is 0.576. The van der Waals surface area contributed by atoms with Crippen molar-refractivity contribution < 1.29 is 4.79 Å². The molecule has 1 fully saturated rings. The highest BCUT2D eigenvalue weighted by molar-refractivity contribution is 6.33. The third-order valence-corrected chi connectivity index (χ3v) is 4.08. The molecule has 1 aliphatic rings. The second-order valence-electron chi connectivity index (χ2n) is 5.22. The number of aromatic nitrogens is 1. The molecule has 4 N–H and O–H groups in total. The molecule has 1 amide bonds. The molecule has 0 saturated heterocycles. The van der Waals surface area contributed by atoms with Gasteiger partial charge in [-0.1, -0.05) is 43.7 Å². The number of nitrogens with two attached hydrogens (primary N) is 1. The van der Waals surface area contributed by atoms with E-state index >= 15 is 0 Å². The smallest absolute Gasteiger partial charge is 0.271 e. The van der Waals surface area contributed by atoms with Gasteiger partial charge in [0.25, 0.3) is 5.91 Å². The van der Waals surface area contributed by atoms with Gasteiger partial charge in [-0.2, -0.15) is 0 Å². The first-order valence-corrected chi connectivity index (χ1v) is 7.50. The van der Waals surface area contributed by atoms with Crippen molar-refractivity contribution in [3.05, 3.63) is 22.8 Å². The van der Waals surface area contributed by atoms with Gasteiger partial charge in [-0.25, -0.2) is 10.8 Å². The summed E-state index contributed by atoms with van der Waals surface area (Å²) in [6, 6.07) is 3.24. The molecular formula is C14H21ClN4O. The van der Waals surface area contributed by atoms with Gasteiger partial charge in [0.15, 0.2) is 0 Å². The zero-order chi connectivity index (χ0) is 14.4. The third kappa shape index (κ3) is 4.08. The summed E-state index contributed by atoms with van der Waals surface area (Å²) in [6.07, 6.45) is 7.56. The number of halogens is 1. The van der Waals surface area contributed by atoms with E-state index in [4.69, 9.17) is 17.4 Å². The van der Waals surface area contributed by atoms with Crippen LogP contribution < -0.4 is 16.6 Å². The SMILES string of the molecule is NNc1ccc(Cl)c(C(=O)NCCC2CCCCC2)n1. The van der Waals surface area contributed by atoms with Crippen molar-refractivity contribution in [2.75, 3.05) is 12.0 Å². The number of amides is 1. The van der Waals surface area contributed by atoms with Crippen LogP contribution in [0.1, 0.15) is 49.0 Å². The number of nitrogen functional groups attached to an aromatic ring is 1. The maximum atomic E-state index is 12.0. The number of hydrogen-bond donors (Lipinski definition) is 3. The second kappa shape index (κ2) is 7.45. The van der Waals surface area contributed by atoms with Crippen LogP contribution in [-0.4, -0.2) is 17.4 Å². The average Bonchev–Trinajstić information content (AvgIpc) is 2.48. The van der Waals surface area contributed by atoms with Crippen LogP contribution in [0.3, 0.4) is 0 Å². The molecule has 1 aliphatic carbocycles. The Morgan fingerprint density at radius 1 is 1.35 bits per heavy atom. The van der Waals surface area contributed by atoms with E-state index in [0.29, 0.717) is 17.4 Å². The van der Waals surface area contributed by atoms with Gasteiger partial charge in [-0.3, -0.25) is 4.79 Å². The number of rotatable bonds is 5. The first-order valence-electron chi connectivity index (χ1n) is 7.12. The molecule has 0 radical (unpaired) electrons. The molecule has 0 bridgehead atoms. The molecule has 0 unspecified atom stereocenters. The summed E-state index contributed by atoms with van der Waals surface area (Å²) in [5, 5.41) is 3.22. The van der Waals surface area contributed by atoms with Crippen LogP contribution in [0.4, 0.5) is 5.82 Å². The van der Waals surface area contributed by atoms with E-state index in [2.05, 4.69) is 15.7 Å². The van der Waals surface area contributed by atoms with Gasteiger partial charge in [-0.05, 0) is 24.5 Å². The predicted octanol–water partition coefficient (Wildman–Crippen LogP) is 2.72. The van der Waals surface area contributed by atoms with E-state index in [-0.39, 0.29) is 11.6 Å². The van der Waals surface area contributed by atoms with Gasteiger partial charge in [0.1, 0.15) is 11.5 Å². The fourth-order valence-electron chi connectivity index (χ4n) is 2.63. The molecule has 0 aliphatic heterocycles. The van der Waals surface area contributed by atoms with Gasteiger partial charge in [0.2, 0.25) is 0 Å². The minimum atomic E-state index is -0.247. The van der Waals surface area contributed by atoms with Crippen molar-refractivity contribution in [3.63, 3.8) is 0 Å². The van der Waals surface area contributed by atoms with Gasteiger partial charge in [-0.15, -0.1) is 0 Å². The maximum Gasteiger partial charge on any atom is 0.271 e. The summed E-state index contributed by atoms with van der Waals surface area (Å²) in [4.78, 5) is 16.1.